The lowest BCUT2D eigenvalue weighted by Gasteiger charge is -2.35. The first-order valence-electron chi connectivity index (χ1n) is 11.6. The molecule has 2 aliphatic rings. The van der Waals surface area contributed by atoms with E-state index in [1.54, 1.807) is 21.9 Å². The van der Waals surface area contributed by atoms with Crippen molar-refractivity contribution in [3.05, 3.63) is 59.7 Å². The first-order chi connectivity index (χ1) is 16.2. The van der Waals surface area contributed by atoms with Gasteiger partial charge in [0, 0.05) is 58.4 Å². The van der Waals surface area contributed by atoms with Gasteiger partial charge in [0.05, 0.1) is 11.4 Å². The molecule has 2 aromatic carbocycles. The number of sulfonamides is 1. The molecule has 2 aliphatic heterocycles. The monoisotopic (exact) mass is 484 g/mol. The molecule has 2 aromatic rings. The molecule has 0 aliphatic carbocycles. The molecular weight excluding hydrogens is 452 g/mol. The third kappa shape index (κ3) is 5.01. The molecule has 2 heterocycles. The van der Waals surface area contributed by atoms with Crippen molar-refractivity contribution in [2.45, 2.75) is 37.8 Å². The summed E-state index contributed by atoms with van der Waals surface area (Å²) < 4.78 is 27.5. The minimum atomic E-state index is -3.83. The number of piperazine rings is 1. The molecule has 8 nitrogen and oxygen atoms in total. The number of carbonyl (C=O) groups excluding carboxylic acids is 2. The van der Waals surface area contributed by atoms with Gasteiger partial charge in [0.1, 0.15) is 0 Å². The highest BCUT2D eigenvalue weighted by molar-refractivity contribution is 7.89. The topological polar surface area (TPSA) is 81.2 Å². The Labute approximate surface area is 201 Å². The summed E-state index contributed by atoms with van der Waals surface area (Å²) in [6.45, 7) is 6.77. The second-order valence-corrected chi connectivity index (χ2v) is 11.2. The number of hydrogen-bond acceptors (Lipinski definition) is 5. The van der Waals surface area contributed by atoms with E-state index in [4.69, 9.17) is 0 Å². The van der Waals surface area contributed by atoms with E-state index < -0.39 is 10.0 Å². The molecule has 0 spiro atoms. The Morgan fingerprint density at radius 1 is 1.03 bits per heavy atom. The van der Waals surface area contributed by atoms with Crippen molar-refractivity contribution < 1.29 is 18.0 Å². The summed E-state index contributed by atoms with van der Waals surface area (Å²) in [7, 11) is -2.39. The highest BCUT2D eigenvalue weighted by Gasteiger charge is 2.32. The average Bonchev–Trinajstić information content (AvgIpc) is 3.15. The second-order valence-electron chi connectivity index (χ2n) is 9.14. The number of nitrogens with zero attached hydrogens (tertiary/aromatic N) is 4. The van der Waals surface area contributed by atoms with Crippen molar-refractivity contribution in [2.24, 2.45) is 0 Å². The van der Waals surface area contributed by atoms with E-state index in [0.29, 0.717) is 19.5 Å². The van der Waals surface area contributed by atoms with Crippen molar-refractivity contribution in [2.75, 3.05) is 44.7 Å². The largest absolute Gasteiger partial charge is 0.339 e. The van der Waals surface area contributed by atoms with Crippen LogP contribution in [-0.2, 0) is 32.6 Å². The summed E-state index contributed by atoms with van der Waals surface area (Å²) >= 11 is 0. The number of carbonyl (C=O) groups is 2. The quantitative estimate of drug-likeness (QED) is 0.626. The average molecular weight is 485 g/mol. The summed E-state index contributed by atoms with van der Waals surface area (Å²) in [6.07, 6.45) is 0.605. The van der Waals surface area contributed by atoms with Crippen LogP contribution >= 0.6 is 0 Å². The third-order valence-electron chi connectivity index (χ3n) is 6.65. The van der Waals surface area contributed by atoms with Crippen LogP contribution in [0.1, 0.15) is 25.0 Å². The van der Waals surface area contributed by atoms with Crippen molar-refractivity contribution >= 4 is 27.5 Å². The van der Waals surface area contributed by atoms with E-state index in [-0.39, 0.29) is 29.3 Å². The molecular formula is C25H32N4O4S. The van der Waals surface area contributed by atoms with Gasteiger partial charge in [-0.25, -0.2) is 8.42 Å². The zero-order valence-electron chi connectivity index (χ0n) is 20.0. The van der Waals surface area contributed by atoms with Crippen LogP contribution in [0.5, 0.6) is 0 Å². The molecule has 0 aromatic heterocycles. The molecule has 2 amide bonds. The molecule has 9 heteroatoms. The number of likely N-dealkylation sites (N-methyl/N-ethyl adjacent to an activating group) is 1. The Balaban J connectivity index is 1.36. The van der Waals surface area contributed by atoms with Gasteiger partial charge in [-0.2, -0.15) is 4.31 Å². The van der Waals surface area contributed by atoms with Gasteiger partial charge < -0.3 is 9.80 Å². The van der Waals surface area contributed by atoms with Gasteiger partial charge in [0.25, 0.3) is 0 Å². The smallest absolute Gasteiger partial charge is 0.243 e. The van der Waals surface area contributed by atoms with Crippen LogP contribution in [0.15, 0.2) is 53.4 Å². The summed E-state index contributed by atoms with van der Waals surface area (Å²) in [6, 6.07) is 15.1. The normalized spacial score (nSPS) is 18.9. The number of anilines is 1. The number of hydrogen-bond donors (Lipinski definition) is 0. The summed E-state index contributed by atoms with van der Waals surface area (Å²) in [5.41, 5.74) is 2.83. The Bertz CT molecular complexity index is 1160. The standard InChI is InChI=1S/C25H32N4O4S/c1-19-15-22-16-23(9-10-24(22)29(19)20(2)30)34(32,33)26(3)18-25(31)28-13-11-27(12-14-28)17-21-7-5-4-6-8-21/h4-10,16,19H,11-15,17-18H2,1-3H3/t19-/m1/s1. The molecule has 0 radical (unpaired) electrons. The van der Waals surface area contributed by atoms with E-state index in [0.717, 1.165) is 35.2 Å². The predicted molar refractivity (Wildman–Crippen MR) is 131 cm³/mol. The van der Waals surface area contributed by atoms with E-state index in [9.17, 15) is 18.0 Å². The maximum Gasteiger partial charge on any atom is 0.243 e. The fraction of sp³-hybridized carbons (Fsp3) is 0.440. The van der Waals surface area contributed by atoms with Crippen molar-refractivity contribution in [1.82, 2.24) is 14.1 Å². The van der Waals surface area contributed by atoms with E-state index >= 15 is 0 Å². The van der Waals surface area contributed by atoms with E-state index in [2.05, 4.69) is 17.0 Å². The molecule has 34 heavy (non-hydrogen) atoms. The lowest BCUT2D eigenvalue weighted by atomic mass is 10.1. The predicted octanol–water partition coefficient (Wildman–Crippen LogP) is 1.95. The molecule has 0 saturated carbocycles. The second kappa shape index (κ2) is 9.85. The lowest BCUT2D eigenvalue weighted by Crippen LogP contribution is -2.51. The van der Waals surface area contributed by atoms with Gasteiger partial charge in [-0.3, -0.25) is 14.5 Å². The minimum Gasteiger partial charge on any atom is -0.339 e. The highest BCUT2D eigenvalue weighted by atomic mass is 32.2. The van der Waals surface area contributed by atoms with Gasteiger partial charge in [-0.1, -0.05) is 30.3 Å². The Kier molecular flexibility index (Phi) is 7.06. The third-order valence-corrected chi connectivity index (χ3v) is 8.45. The summed E-state index contributed by atoms with van der Waals surface area (Å²) in [5.74, 6) is -0.253. The maximum absolute atomic E-state index is 13.2. The maximum atomic E-state index is 13.2. The zero-order chi connectivity index (χ0) is 24.5. The van der Waals surface area contributed by atoms with Crippen LogP contribution in [0.2, 0.25) is 0 Å². The van der Waals surface area contributed by atoms with Crippen molar-refractivity contribution in [3.8, 4) is 0 Å². The zero-order valence-corrected chi connectivity index (χ0v) is 20.8. The van der Waals surface area contributed by atoms with Crippen LogP contribution in [0.25, 0.3) is 0 Å². The molecule has 0 N–H and O–H groups in total. The lowest BCUT2D eigenvalue weighted by molar-refractivity contribution is -0.133. The van der Waals surface area contributed by atoms with Crippen LogP contribution in [0.3, 0.4) is 0 Å². The molecule has 1 saturated heterocycles. The fourth-order valence-corrected chi connectivity index (χ4v) is 5.97. The number of benzene rings is 2. The van der Waals surface area contributed by atoms with Gasteiger partial charge in [0.2, 0.25) is 21.8 Å². The first-order valence-corrected chi connectivity index (χ1v) is 13.0. The number of rotatable bonds is 6. The SMILES string of the molecule is CC(=O)N1c2ccc(S(=O)(=O)N(C)CC(=O)N3CCN(Cc4ccccc4)CC3)cc2C[C@H]1C. The molecule has 0 unspecified atom stereocenters. The fourth-order valence-electron chi connectivity index (χ4n) is 4.80. The van der Waals surface area contributed by atoms with Crippen LogP contribution in [-0.4, -0.2) is 80.2 Å². The number of fused-ring (bicyclic) bond motifs is 1. The minimum absolute atomic E-state index is 0.00896. The Morgan fingerprint density at radius 3 is 2.35 bits per heavy atom. The molecule has 1 fully saturated rings. The summed E-state index contributed by atoms with van der Waals surface area (Å²) in [4.78, 5) is 30.7. The van der Waals surface area contributed by atoms with Gasteiger partial charge >= 0.3 is 0 Å². The van der Waals surface area contributed by atoms with Crippen molar-refractivity contribution in [3.63, 3.8) is 0 Å². The Morgan fingerprint density at radius 2 is 1.71 bits per heavy atom. The van der Waals surface area contributed by atoms with E-state index in [1.807, 2.05) is 25.1 Å². The molecule has 4 rings (SSSR count). The Hall–Kier alpha value is -2.75. The highest BCUT2D eigenvalue weighted by Crippen LogP contribution is 2.34. The summed E-state index contributed by atoms with van der Waals surface area (Å²) in [5, 5.41) is 0. The van der Waals surface area contributed by atoms with E-state index in [1.165, 1.54) is 25.6 Å². The molecule has 0 bridgehead atoms. The molecule has 182 valence electrons. The van der Waals surface area contributed by atoms with Crippen molar-refractivity contribution in [1.29, 1.82) is 0 Å². The first kappa shape index (κ1) is 24.4. The van der Waals surface area contributed by atoms with Gasteiger partial charge in [-0.15, -0.1) is 0 Å². The number of amides is 2. The van der Waals surface area contributed by atoms with Gasteiger partial charge in [-0.05, 0) is 42.7 Å². The van der Waals surface area contributed by atoms with Crippen LogP contribution < -0.4 is 4.90 Å². The van der Waals surface area contributed by atoms with Crippen LogP contribution in [0.4, 0.5) is 5.69 Å². The van der Waals surface area contributed by atoms with Crippen LogP contribution in [0, 0.1) is 0 Å². The van der Waals surface area contributed by atoms with Gasteiger partial charge in [0.15, 0.2) is 0 Å². The molecule has 1 atom stereocenters.